The maximum atomic E-state index is 13.0. The van der Waals surface area contributed by atoms with Gasteiger partial charge in [-0.2, -0.15) is 0 Å². The van der Waals surface area contributed by atoms with Crippen LogP contribution in [0.3, 0.4) is 0 Å². The first-order valence-corrected chi connectivity index (χ1v) is 11.5. The highest BCUT2D eigenvalue weighted by molar-refractivity contribution is 9.10. The predicted molar refractivity (Wildman–Crippen MR) is 139 cm³/mol. The summed E-state index contributed by atoms with van der Waals surface area (Å²) in [5.74, 6) is -1.43. The van der Waals surface area contributed by atoms with Gasteiger partial charge in [-0.1, -0.05) is 76.6 Å². The zero-order chi connectivity index (χ0) is 24.8. The molecule has 0 fully saturated rings. The van der Waals surface area contributed by atoms with Crippen molar-refractivity contribution in [2.75, 3.05) is 0 Å². The summed E-state index contributed by atoms with van der Waals surface area (Å²) in [6.07, 6.45) is 4.91. The van der Waals surface area contributed by atoms with Crippen molar-refractivity contribution in [2.24, 2.45) is 10.2 Å². The predicted octanol–water partition coefficient (Wildman–Crippen LogP) is 6.58. The maximum absolute atomic E-state index is 13.0. The molecule has 0 atom stereocenters. The number of aromatic hydroxyl groups is 1. The average Bonchev–Trinajstić information content (AvgIpc) is 3.18. The second-order valence-corrected chi connectivity index (χ2v) is 8.56. The van der Waals surface area contributed by atoms with Crippen LogP contribution >= 0.6 is 15.9 Å². The molecule has 4 rings (SSSR count). The van der Waals surface area contributed by atoms with Crippen molar-refractivity contribution in [1.82, 2.24) is 10.3 Å². The summed E-state index contributed by atoms with van der Waals surface area (Å²) in [6, 6.07) is 21.7. The highest BCUT2D eigenvalue weighted by Crippen LogP contribution is 2.38. The minimum atomic E-state index is -0.771. The van der Waals surface area contributed by atoms with Crippen LogP contribution in [0.15, 0.2) is 105 Å². The van der Waals surface area contributed by atoms with Crippen LogP contribution < -0.4 is 5.32 Å². The molecule has 3 N–H and O–H groups in total. The number of aryl methyl sites for hydroxylation is 1. The molecule has 3 aromatic carbocycles. The number of benzene rings is 3. The topological polar surface area (TPSA) is 107 Å². The zero-order valence-electron chi connectivity index (χ0n) is 18.7. The lowest BCUT2D eigenvalue weighted by atomic mass is 10.1. The first-order chi connectivity index (χ1) is 16.9. The van der Waals surface area contributed by atoms with Crippen molar-refractivity contribution in [2.45, 2.75) is 6.92 Å². The summed E-state index contributed by atoms with van der Waals surface area (Å²) in [5.41, 5.74) is 2.96. The van der Waals surface area contributed by atoms with Gasteiger partial charge in [0, 0.05) is 15.4 Å². The number of carbonyl (C=O) groups excluding carboxylic acids is 2. The lowest BCUT2D eigenvalue weighted by Gasteiger charge is -2.06. The number of nitrogens with one attached hydrogen (secondary N) is 2. The molecule has 0 aliphatic carbocycles. The molecule has 0 aliphatic heterocycles. The van der Waals surface area contributed by atoms with Crippen LogP contribution in [0.25, 0.3) is 17.0 Å². The standard InChI is InChI=1S/C27H21BrN4O3/c1-17-15-20(28)16-21-23(17)30-27(35)24(21)31-32-26(34)22(14-8-11-18-9-4-2-5-10-18)29-25(33)19-12-6-3-7-13-19/h2-16,30,35H,1H3,(H,29,33). The van der Waals surface area contributed by atoms with E-state index in [1.807, 2.05) is 43.3 Å². The Hall–Kier alpha value is -4.30. The fourth-order valence-corrected chi connectivity index (χ4v) is 3.99. The number of H-pyrrole nitrogens is 1. The number of fused-ring (bicyclic) bond motifs is 1. The van der Waals surface area contributed by atoms with Gasteiger partial charge in [0.2, 0.25) is 5.88 Å². The third kappa shape index (κ3) is 5.80. The van der Waals surface area contributed by atoms with Crippen molar-refractivity contribution in [3.05, 3.63) is 112 Å². The van der Waals surface area contributed by atoms with Gasteiger partial charge in [0.1, 0.15) is 5.70 Å². The van der Waals surface area contributed by atoms with E-state index in [0.29, 0.717) is 16.5 Å². The molecule has 2 amide bonds. The fraction of sp³-hybridized carbons (Fsp3) is 0.0370. The number of nitrogens with zero attached hydrogens (tertiary/aromatic N) is 2. The second kappa shape index (κ2) is 10.8. The Bertz CT molecular complexity index is 1470. The van der Waals surface area contributed by atoms with E-state index in [1.165, 1.54) is 6.08 Å². The Labute approximate surface area is 210 Å². The Kier molecular flexibility index (Phi) is 7.32. The summed E-state index contributed by atoms with van der Waals surface area (Å²) in [5, 5.41) is 21.3. The highest BCUT2D eigenvalue weighted by atomic mass is 79.9. The van der Waals surface area contributed by atoms with Gasteiger partial charge in [-0.25, -0.2) is 0 Å². The average molecular weight is 529 g/mol. The molecule has 0 saturated carbocycles. The maximum Gasteiger partial charge on any atom is 0.311 e. The van der Waals surface area contributed by atoms with Gasteiger partial charge in [0.05, 0.1) is 5.52 Å². The minimum Gasteiger partial charge on any atom is -0.493 e. The molecule has 0 spiro atoms. The summed E-state index contributed by atoms with van der Waals surface area (Å²) >= 11 is 3.43. The summed E-state index contributed by atoms with van der Waals surface area (Å²) < 4.78 is 0.797. The van der Waals surface area contributed by atoms with Crippen LogP contribution in [0.2, 0.25) is 0 Å². The van der Waals surface area contributed by atoms with E-state index in [9.17, 15) is 14.7 Å². The summed E-state index contributed by atoms with van der Waals surface area (Å²) in [4.78, 5) is 28.5. The normalized spacial score (nSPS) is 12.0. The number of aromatic amines is 1. The summed E-state index contributed by atoms with van der Waals surface area (Å²) in [6.45, 7) is 1.88. The van der Waals surface area contributed by atoms with Gasteiger partial charge in [-0.15, -0.1) is 10.2 Å². The molecule has 7 nitrogen and oxygen atoms in total. The van der Waals surface area contributed by atoms with Gasteiger partial charge in [0.25, 0.3) is 5.91 Å². The SMILES string of the molecule is Cc1cc(Br)cc2c(N=NC(=O)C(=CC=Cc3ccccc3)NC(=O)c3ccccc3)c(O)[nH]c12. The van der Waals surface area contributed by atoms with Gasteiger partial charge in [0.15, 0.2) is 5.69 Å². The molecular formula is C27H21BrN4O3. The number of aromatic nitrogens is 1. The van der Waals surface area contributed by atoms with E-state index in [0.717, 1.165) is 15.6 Å². The molecular weight excluding hydrogens is 508 g/mol. The number of azo groups is 1. The van der Waals surface area contributed by atoms with Crippen molar-refractivity contribution in [1.29, 1.82) is 0 Å². The molecule has 0 bridgehead atoms. The molecule has 35 heavy (non-hydrogen) atoms. The second-order valence-electron chi connectivity index (χ2n) is 7.64. The van der Waals surface area contributed by atoms with Crippen LogP contribution in [-0.2, 0) is 4.79 Å². The molecule has 0 unspecified atom stereocenters. The van der Waals surface area contributed by atoms with Crippen molar-refractivity contribution in [3.8, 4) is 5.88 Å². The third-order valence-corrected chi connectivity index (χ3v) is 5.59. The van der Waals surface area contributed by atoms with E-state index in [4.69, 9.17) is 0 Å². The van der Waals surface area contributed by atoms with Gasteiger partial charge >= 0.3 is 5.91 Å². The zero-order valence-corrected chi connectivity index (χ0v) is 20.3. The lowest BCUT2D eigenvalue weighted by Crippen LogP contribution is -2.26. The van der Waals surface area contributed by atoms with E-state index < -0.39 is 11.8 Å². The molecule has 0 radical (unpaired) electrons. The van der Waals surface area contributed by atoms with Crippen LogP contribution in [0.4, 0.5) is 5.69 Å². The monoisotopic (exact) mass is 528 g/mol. The first kappa shape index (κ1) is 23.8. The summed E-state index contributed by atoms with van der Waals surface area (Å²) in [7, 11) is 0. The van der Waals surface area contributed by atoms with E-state index in [2.05, 4.69) is 36.5 Å². The minimum absolute atomic E-state index is 0.0634. The van der Waals surface area contributed by atoms with Gasteiger partial charge in [-0.05, 0) is 48.4 Å². The Balaban J connectivity index is 1.64. The smallest absolute Gasteiger partial charge is 0.311 e. The highest BCUT2D eigenvalue weighted by Gasteiger charge is 2.16. The number of halogens is 1. The number of carbonyl (C=O) groups is 2. The number of hydrogen-bond acceptors (Lipinski definition) is 4. The van der Waals surface area contributed by atoms with Crippen molar-refractivity contribution >= 4 is 50.4 Å². The third-order valence-electron chi connectivity index (χ3n) is 5.13. The van der Waals surface area contributed by atoms with Crippen LogP contribution in [0.5, 0.6) is 5.88 Å². The van der Waals surface area contributed by atoms with Gasteiger partial charge < -0.3 is 15.4 Å². The molecule has 0 aliphatic rings. The number of rotatable bonds is 6. The number of hydrogen-bond donors (Lipinski definition) is 3. The Morgan fingerprint density at radius 1 is 1.03 bits per heavy atom. The molecule has 8 heteroatoms. The Morgan fingerprint density at radius 2 is 1.71 bits per heavy atom. The van der Waals surface area contributed by atoms with E-state index in [1.54, 1.807) is 48.6 Å². The Morgan fingerprint density at radius 3 is 2.43 bits per heavy atom. The molecule has 0 saturated heterocycles. The van der Waals surface area contributed by atoms with Crippen LogP contribution in [0.1, 0.15) is 21.5 Å². The quantitative estimate of drug-likeness (QED) is 0.149. The molecule has 1 aromatic heterocycles. The van der Waals surface area contributed by atoms with Gasteiger partial charge in [-0.3, -0.25) is 9.59 Å². The molecule has 4 aromatic rings. The largest absolute Gasteiger partial charge is 0.493 e. The fourth-order valence-electron chi connectivity index (χ4n) is 3.42. The number of allylic oxidation sites excluding steroid dienone is 2. The van der Waals surface area contributed by atoms with E-state index in [-0.39, 0.29) is 17.3 Å². The molecule has 174 valence electrons. The van der Waals surface area contributed by atoms with Crippen LogP contribution in [0, 0.1) is 6.92 Å². The van der Waals surface area contributed by atoms with Crippen molar-refractivity contribution < 1.29 is 14.7 Å². The van der Waals surface area contributed by atoms with Crippen LogP contribution in [-0.4, -0.2) is 21.9 Å². The number of amides is 2. The van der Waals surface area contributed by atoms with E-state index >= 15 is 0 Å². The first-order valence-electron chi connectivity index (χ1n) is 10.7. The lowest BCUT2D eigenvalue weighted by molar-refractivity contribution is -0.115. The molecule has 1 heterocycles. The van der Waals surface area contributed by atoms with Crippen molar-refractivity contribution in [3.63, 3.8) is 0 Å².